The molecule has 1 aliphatic carbocycles. The predicted molar refractivity (Wildman–Crippen MR) is 85.3 cm³/mol. The summed E-state index contributed by atoms with van der Waals surface area (Å²) in [5.74, 6) is -0.459. The van der Waals surface area contributed by atoms with E-state index < -0.39 is 5.97 Å². The Morgan fingerprint density at radius 2 is 2.09 bits per heavy atom. The molecule has 0 unspecified atom stereocenters. The number of fused-ring (bicyclic) bond motifs is 1. The summed E-state index contributed by atoms with van der Waals surface area (Å²) in [6.07, 6.45) is 5.90. The topological polar surface area (TPSA) is 67.5 Å². The number of halogens is 1. The van der Waals surface area contributed by atoms with Gasteiger partial charge in [-0.1, -0.05) is 17.7 Å². The van der Waals surface area contributed by atoms with E-state index in [1.54, 1.807) is 6.07 Å². The highest BCUT2D eigenvalue weighted by atomic mass is 35.5. The second-order valence-corrected chi connectivity index (χ2v) is 5.90. The van der Waals surface area contributed by atoms with Gasteiger partial charge < -0.3 is 9.52 Å². The van der Waals surface area contributed by atoms with Crippen LogP contribution in [0.1, 0.15) is 37.0 Å². The minimum absolute atomic E-state index is 0.197. The van der Waals surface area contributed by atoms with Gasteiger partial charge in [0.1, 0.15) is 11.3 Å². The van der Waals surface area contributed by atoms with Crippen LogP contribution < -0.4 is 5.43 Å². The van der Waals surface area contributed by atoms with Gasteiger partial charge in [0.15, 0.2) is 5.43 Å². The molecule has 0 saturated carbocycles. The van der Waals surface area contributed by atoms with E-state index in [2.05, 4.69) is 6.08 Å². The number of allylic oxidation sites excluding steroid dienone is 2. The summed E-state index contributed by atoms with van der Waals surface area (Å²) in [4.78, 5) is 23.4. The third-order valence-electron chi connectivity index (χ3n) is 3.82. The largest absolute Gasteiger partial charge is 0.481 e. The first-order valence-electron chi connectivity index (χ1n) is 7.22. The lowest BCUT2D eigenvalue weighted by Crippen LogP contribution is -2.07. The number of hydrogen-bond acceptors (Lipinski definition) is 3. The lowest BCUT2D eigenvalue weighted by Gasteiger charge is -2.13. The zero-order valence-electron chi connectivity index (χ0n) is 11.9. The first-order chi connectivity index (χ1) is 10.5. The molecule has 4 nitrogen and oxygen atoms in total. The smallest absolute Gasteiger partial charge is 0.307 e. The summed E-state index contributed by atoms with van der Waals surface area (Å²) >= 11 is 5.98. The Bertz CT molecular complexity index is 832. The first kappa shape index (κ1) is 14.9. The average Bonchev–Trinajstić information content (AvgIpc) is 2.48. The van der Waals surface area contributed by atoms with Crippen molar-refractivity contribution < 1.29 is 14.3 Å². The number of carbonyl (C=O) groups is 1. The lowest BCUT2D eigenvalue weighted by molar-refractivity contribution is -0.136. The fraction of sp³-hybridized carbons (Fsp3) is 0.294. The van der Waals surface area contributed by atoms with Gasteiger partial charge >= 0.3 is 5.97 Å². The predicted octanol–water partition coefficient (Wildman–Crippen LogP) is 4.03. The second-order valence-electron chi connectivity index (χ2n) is 5.46. The molecule has 0 atom stereocenters. The zero-order chi connectivity index (χ0) is 15.7. The van der Waals surface area contributed by atoms with Gasteiger partial charge in [0.25, 0.3) is 0 Å². The highest BCUT2D eigenvalue weighted by Gasteiger charge is 2.16. The molecule has 0 amide bonds. The molecule has 0 saturated heterocycles. The van der Waals surface area contributed by atoms with Crippen LogP contribution in [0.15, 0.2) is 33.5 Å². The molecule has 1 aromatic carbocycles. The van der Waals surface area contributed by atoms with Gasteiger partial charge in [-0.15, -0.1) is 0 Å². The molecule has 0 radical (unpaired) electrons. The van der Waals surface area contributed by atoms with E-state index >= 15 is 0 Å². The first-order valence-corrected chi connectivity index (χ1v) is 7.60. The zero-order valence-corrected chi connectivity index (χ0v) is 12.7. The van der Waals surface area contributed by atoms with E-state index in [1.165, 1.54) is 12.1 Å². The van der Waals surface area contributed by atoms with Gasteiger partial charge in [-0.2, -0.15) is 0 Å². The number of aliphatic carboxylic acids is 1. The summed E-state index contributed by atoms with van der Waals surface area (Å²) in [7, 11) is 0. The Morgan fingerprint density at radius 3 is 2.77 bits per heavy atom. The van der Waals surface area contributed by atoms with Crippen LogP contribution in [0.25, 0.3) is 16.5 Å². The minimum Gasteiger partial charge on any atom is -0.481 e. The monoisotopic (exact) mass is 318 g/mol. The van der Waals surface area contributed by atoms with Crippen LogP contribution in [0, 0.1) is 0 Å². The fourth-order valence-electron chi connectivity index (χ4n) is 2.80. The van der Waals surface area contributed by atoms with Crippen LogP contribution in [0.2, 0.25) is 5.02 Å². The van der Waals surface area contributed by atoms with Crippen molar-refractivity contribution in [3.63, 3.8) is 0 Å². The van der Waals surface area contributed by atoms with Gasteiger partial charge in [0, 0.05) is 16.7 Å². The Morgan fingerprint density at radius 1 is 1.27 bits per heavy atom. The number of rotatable bonds is 3. The number of carboxylic acids is 1. The summed E-state index contributed by atoms with van der Waals surface area (Å²) in [6, 6.07) is 4.54. The number of benzene rings is 1. The van der Waals surface area contributed by atoms with Gasteiger partial charge in [-0.05, 0) is 43.4 Å². The SMILES string of the molecule is O=C(O)Cc1cc(Cl)cc2c(=O)cc(C3=CCCCC3)oc12. The van der Waals surface area contributed by atoms with Crippen molar-refractivity contribution in [3.05, 3.63) is 50.8 Å². The van der Waals surface area contributed by atoms with Crippen LogP contribution in [0.3, 0.4) is 0 Å². The van der Waals surface area contributed by atoms with E-state index in [4.69, 9.17) is 21.1 Å². The summed E-state index contributed by atoms with van der Waals surface area (Å²) < 4.78 is 5.88. The number of hydrogen-bond donors (Lipinski definition) is 1. The molecule has 114 valence electrons. The molecule has 0 fully saturated rings. The minimum atomic E-state index is -0.992. The average molecular weight is 319 g/mol. The molecule has 0 aliphatic heterocycles. The van der Waals surface area contributed by atoms with Gasteiger partial charge in [-0.3, -0.25) is 9.59 Å². The van der Waals surface area contributed by atoms with Crippen molar-refractivity contribution in [3.8, 4) is 0 Å². The lowest BCUT2D eigenvalue weighted by atomic mass is 9.97. The molecule has 5 heteroatoms. The highest BCUT2D eigenvalue weighted by molar-refractivity contribution is 6.31. The molecule has 22 heavy (non-hydrogen) atoms. The normalized spacial score (nSPS) is 14.9. The van der Waals surface area contributed by atoms with E-state index in [0.29, 0.717) is 27.3 Å². The Labute approximate surface area is 132 Å². The van der Waals surface area contributed by atoms with Crippen molar-refractivity contribution in [1.82, 2.24) is 0 Å². The van der Waals surface area contributed by atoms with E-state index in [-0.39, 0.29) is 11.8 Å². The standard InChI is InChI=1S/C17H15ClO4/c18-12-6-11(7-16(20)21)17-13(8-12)14(19)9-15(22-17)10-4-2-1-3-5-10/h4,6,8-9H,1-3,5,7H2,(H,20,21). The Kier molecular flexibility index (Phi) is 4.03. The molecular weight excluding hydrogens is 304 g/mol. The van der Waals surface area contributed by atoms with Crippen molar-refractivity contribution in [1.29, 1.82) is 0 Å². The maximum absolute atomic E-state index is 12.3. The van der Waals surface area contributed by atoms with Crippen LogP contribution in [-0.4, -0.2) is 11.1 Å². The Hall–Kier alpha value is -2.07. The van der Waals surface area contributed by atoms with Gasteiger partial charge in [0.05, 0.1) is 11.8 Å². The maximum atomic E-state index is 12.3. The van der Waals surface area contributed by atoms with Crippen molar-refractivity contribution in [2.75, 3.05) is 0 Å². The molecule has 1 aromatic heterocycles. The summed E-state index contributed by atoms with van der Waals surface area (Å²) in [5.41, 5.74) is 1.56. The fourth-order valence-corrected chi connectivity index (χ4v) is 3.05. The molecule has 3 rings (SSSR count). The highest BCUT2D eigenvalue weighted by Crippen LogP contribution is 2.30. The van der Waals surface area contributed by atoms with E-state index in [0.717, 1.165) is 31.3 Å². The molecule has 0 spiro atoms. The molecule has 0 bridgehead atoms. The van der Waals surface area contributed by atoms with Gasteiger partial charge in [0.2, 0.25) is 0 Å². The van der Waals surface area contributed by atoms with Crippen LogP contribution in [0.5, 0.6) is 0 Å². The second kappa shape index (κ2) is 5.97. The molecule has 2 aromatic rings. The number of carboxylic acid groups (broad SMARTS) is 1. The van der Waals surface area contributed by atoms with Crippen LogP contribution in [0.4, 0.5) is 0 Å². The quantitative estimate of drug-likeness (QED) is 0.927. The summed E-state index contributed by atoms with van der Waals surface area (Å²) in [6.45, 7) is 0. The van der Waals surface area contributed by atoms with E-state index in [9.17, 15) is 9.59 Å². The molecular formula is C17H15ClO4. The molecule has 1 aliphatic rings. The Balaban J connectivity index is 2.22. The third kappa shape index (κ3) is 2.92. The van der Waals surface area contributed by atoms with Crippen LogP contribution in [-0.2, 0) is 11.2 Å². The third-order valence-corrected chi connectivity index (χ3v) is 4.04. The van der Waals surface area contributed by atoms with E-state index in [1.807, 2.05) is 0 Å². The molecule has 1 N–H and O–H groups in total. The van der Waals surface area contributed by atoms with Gasteiger partial charge in [-0.25, -0.2) is 0 Å². The van der Waals surface area contributed by atoms with Crippen molar-refractivity contribution >= 4 is 34.1 Å². The van der Waals surface area contributed by atoms with Crippen molar-refractivity contribution in [2.45, 2.75) is 32.1 Å². The summed E-state index contributed by atoms with van der Waals surface area (Å²) in [5, 5.41) is 9.69. The van der Waals surface area contributed by atoms with Crippen molar-refractivity contribution in [2.24, 2.45) is 0 Å². The van der Waals surface area contributed by atoms with Crippen LogP contribution >= 0.6 is 11.6 Å². The maximum Gasteiger partial charge on any atom is 0.307 e. The molecule has 1 heterocycles.